The highest BCUT2D eigenvalue weighted by atomic mass is 32.2. The van der Waals surface area contributed by atoms with E-state index in [0.717, 1.165) is 53.8 Å². The van der Waals surface area contributed by atoms with Gasteiger partial charge in [-0.3, -0.25) is 9.36 Å². The van der Waals surface area contributed by atoms with Crippen molar-refractivity contribution in [2.75, 3.05) is 23.5 Å². The zero-order valence-corrected chi connectivity index (χ0v) is 24.9. The van der Waals surface area contributed by atoms with E-state index in [1.165, 1.54) is 40.5 Å². The van der Waals surface area contributed by atoms with Gasteiger partial charge in [-0.25, -0.2) is 4.79 Å². The van der Waals surface area contributed by atoms with Crippen molar-refractivity contribution in [2.24, 2.45) is 0 Å². The molecule has 2 N–H and O–H groups in total. The highest BCUT2D eigenvalue weighted by Crippen LogP contribution is 2.38. The van der Waals surface area contributed by atoms with Crippen molar-refractivity contribution in [3.8, 4) is 5.69 Å². The topological polar surface area (TPSA) is 98.1 Å². The number of carbonyl (C=O) groups is 2. The molecule has 1 aliphatic carbocycles. The maximum Gasteiger partial charge on any atom is 0.341 e. The van der Waals surface area contributed by atoms with Gasteiger partial charge < -0.3 is 15.4 Å². The van der Waals surface area contributed by atoms with Gasteiger partial charge in [-0.05, 0) is 54.8 Å². The second-order valence-electron chi connectivity index (χ2n) is 10.0. The van der Waals surface area contributed by atoms with Gasteiger partial charge in [0.05, 0.1) is 19.2 Å². The smallest absolute Gasteiger partial charge is 0.341 e. The second kappa shape index (κ2) is 12.8. The fourth-order valence-corrected chi connectivity index (χ4v) is 7.50. The molecule has 0 saturated carbocycles. The molecule has 10 heteroatoms. The lowest BCUT2D eigenvalue weighted by Crippen LogP contribution is -2.15. The van der Waals surface area contributed by atoms with Crippen LogP contribution in [0.3, 0.4) is 0 Å². The molecule has 0 bridgehead atoms. The Labute approximate surface area is 252 Å². The van der Waals surface area contributed by atoms with Crippen LogP contribution in [0, 0.1) is 0 Å². The van der Waals surface area contributed by atoms with Crippen LogP contribution in [0.15, 0.2) is 78.0 Å². The standard InChI is InChI=1S/C32H31N5O3S2/c1-40-31(39)29-24-15-7-8-17-26(24)42-30(29)34-28(38)18-19-41-32-36-35-27(37(32)22-12-3-2-4-13-22)20-33-25-16-9-11-21-10-5-6-14-23(21)25/h2-6,9-14,16,33H,7-8,15,17-20H2,1H3,(H,34,38). The van der Waals surface area contributed by atoms with Crippen molar-refractivity contribution >= 4 is 56.4 Å². The fourth-order valence-electron chi connectivity index (χ4n) is 5.29. The number of ether oxygens (including phenoxy) is 1. The number of nitrogens with zero attached hydrogens (tertiary/aromatic N) is 3. The Morgan fingerprint density at radius 1 is 0.976 bits per heavy atom. The van der Waals surface area contributed by atoms with E-state index >= 15 is 0 Å². The van der Waals surface area contributed by atoms with Crippen molar-refractivity contribution < 1.29 is 14.3 Å². The van der Waals surface area contributed by atoms with E-state index in [9.17, 15) is 9.59 Å². The Balaban J connectivity index is 1.15. The lowest BCUT2D eigenvalue weighted by molar-refractivity contribution is -0.115. The monoisotopic (exact) mass is 597 g/mol. The van der Waals surface area contributed by atoms with Gasteiger partial charge in [0.15, 0.2) is 11.0 Å². The normalized spacial score (nSPS) is 12.6. The number of nitrogens with one attached hydrogen (secondary N) is 2. The summed E-state index contributed by atoms with van der Waals surface area (Å²) in [6.45, 7) is 0.482. The minimum Gasteiger partial charge on any atom is -0.465 e. The number of rotatable bonds is 10. The number of hydrogen-bond acceptors (Lipinski definition) is 8. The molecule has 2 aromatic heterocycles. The van der Waals surface area contributed by atoms with E-state index in [1.54, 1.807) is 0 Å². The van der Waals surface area contributed by atoms with Crippen molar-refractivity contribution in [1.29, 1.82) is 0 Å². The summed E-state index contributed by atoms with van der Waals surface area (Å²) in [5.41, 5.74) is 3.54. The van der Waals surface area contributed by atoms with Crippen LogP contribution in [-0.4, -0.2) is 39.5 Å². The zero-order valence-electron chi connectivity index (χ0n) is 23.3. The quantitative estimate of drug-likeness (QED) is 0.134. The first kappa shape index (κ1) is 28.0. The van der Waals surface area contributed by atoms with E-state index < -0.39 is 0 Å². The van der Waals surface area contributed by atoms with E-state index in [2.05, 4.69) is 45.1 Å². The number of aromatic nitrogens is 3. The molecular weight excluding hydrogens is 567 g/mol. The number of amides is 1. The minimum absolute atomic E-state index is 0.144. The molecule has 3 aromatic carbocycles. The van der Waals surface area contributed by atoms with Crippen molar-refractivity contribution in [3.63, 3.8) is 0 Å². The summed E-state index contributed by atoms with van der Waals surface area (Å²) in [6.07, 6.45) is 4.18. The van der Waals surface area contributed by atoms with Crippen LogP contribution < -0.4 is 10.6 Å². The number of benzene rings is 3. The molecule has 8 nitrogen and oxygen atoms in total. The number of para-hydroxylation sites is 1. The lowest BCUT2D eigenvalue weighted by atomic mass is 9.95. The molecule has 6 rings (SSSR count). The van der Waals surface area contributed by atoms with Gasteiger partial charge in [0.1, 0.15) is 5.00 Å². The van der Waals surface area contributed by atoms with Crippen molar-refractivity contribution in [1.82, 2.24) is 14.8 Å². The molecule has 2 heterocycles. The second-order valence-corrected chi connectivity index (χ2v) is 12.2. The largest absolute Gasteiger partial charge is 0.465 e. The summed E-state index contributed by atoms with van der Waals surface area (Å²) in [5.74, 6) is 0.745. The number of thiophene rings is 1. The number of carbonyl (C=O) groups excluding carboxylic acids is 2. The highest BCUT2D eigenvalue weighted by Gasteiger charge is 2.27. The van der Waals surface area contributed by atoms with Gasteiger partial charge in [-0.15, -0.1) is 21.5 Å². The highest BCUT2D eigenvalue weighted by molar-refractivity contribution is 7.99. The average molecular weight is 598 g/mol. The number of aryl methyl sites for hydroxylation is 1. The summed E-state index contributed by atoms with van der Waals surface area (Å²) < 4.78 is 7.07. The Hall–Kier alpha value is -4.15. The number of methoxy groups -OCH3 is 1. The first-order chi connectivity index (χ1) is 20.6. The predicted molar refractivity (Wildman–Crippen MR) is 169 cm³/mol. The molecule has 1 amide bonds. The number of hydrogen-bond donors (Lipinski definition) is 2. The molecule has 0 fully saturated rings. The Kier molecular flexibility index (Phi) is 8.52. The summed E-state index contributed by atoms with van der Waals surface area (Å²) in [6, 6.07) is 24.5. The fraction of sp³-hybridized carbons (Fsp3) is 0.250. The lowest BCUT2D eigenvalue weighted by Gasteiger charge is -2.13. The van der Waals surface area contributed by atoms with E-state index in [1.807, 2.05) is 53.1 Å². The van der Waals surface area contributed by atoms with Crippen LogP contribution in [-0.2, 0) is 28.9 Å². The first-order valence-electron chi connectivity index (χ1n) is 14.0. The molecule has 1 aliphatic rings. The summed E-state index contributed by atoms with van der Waals surface area (Å²) >= 11 is 2.98. The molecular formula is C32H31N5O3S2. The van der Waals surface area contributed by atoms with Gasteiger partial charge in [0.2, 0.25) is 5.91 Å². The minimum atomic E-state index is -0.389. The third kappa shape index (κ3) is 5.91. The van der Waals surface area contributed by atoms with E-state index in [0.29, 0.717) is 28.0 Å². The third-order valence-electron chi connectivity index (χ3n) is 7.32. The van der Waals surface area contributed by atoms with Crippen LogP contribution in [0.4, 0.5) is 10.7 Å². The number of thioether (sulfide) groups is 1. The maximum absolute atomic E-state index is 13.0. The Morgan fingerprint density at radius 2 is 1.76 bits per heavy atom. The van der Waals surface area contributed by atoms with Crippen LogP contribution in [0.1, 0.15) is 45.9 Å². The number of esters is 1. The van der Waals surface area contributed by atoms with Crippen LogP contribution in [0.5, 0.6) is 0 Å². The molecule has 42 heavy (non-hydrogen) atoms. The summed E-state index contributed by atoms with van der Waals surface area (Å²) in [7, 11) is 1.38. The number of fused-ring (bicyclic) bond motifs is 2. The molecule has 0 atom stereocenters. The first-order valence-corrected chi connectivity index (χ1v) is 15.8. The summed E-state index contributed by atoms with van der Waals surface area (Å²) in [5, 5.41) is 19.1. The van der Waals surface area contributed by atoms with E-state index in [-0.39, 0.29) is 18.3 Å². The molecule has 0 radical (unpaired) electrons. The molecule has 0 spiro atoms. The van der Waals surface area contributed by atoms with E-state index in [4.69, 9.17) is 4.74 Å². The van der Waals surface area contributed by atoms with Crippen LogP contribution in [0.25, 0.3) is 16.5 Å². The Bertz CT molecular complexity index is 1730. The third-order valence-corrected chi connectivity index (χ3v) is 9.45. The van der Waals surface area contributed by atoms with Gasteiger partial charge in [0, 0.05) is 33.8 Å². The molecule has 5 aromatic rings. The molecule has 214 valence electrons. The predicted octanol–water partition coefficient (Wildman–Crippen LogP) is 6.88. The molecule has 0 aliphatic heterocycles. The van der Waals surface area contributed by atoms with Gasteiger partial charge >= 0.3 is 5.97 Å². The van der Waals surface area contributed by atoms with Crippen LogP contribution in [0.2, 0.25) is 0 Å². The van der Waals surface area contributed by atoms with Crippen LogP contribution >= 0.6 is 23.1 Å². The maximum atomic E-state index is 13.0. The van der Waals surface area contributed by atoms with Gasteiger partial charge in [0.25, 0.3) is 0 Å². The SMILES string of the molecule is COC(=O)c1c(NC(=O)CCSc2nnc(CNc3cccc4ccccc34)n2-c2ccccc2)sc2c1CCCC2. The molecule has 0 saturated heterocycles. The zero-order chi connectivity index (χ0) is 28.9. The summed E-state index contributed by atoms with van der Waals surface area (Å²) in [4.78, 5) is 26.7. The Morgan fingerprint density at radius 3 is 2.62 bits per heavy atom. The van der Waals surface area contributed by atoms with Crippen molar-refractivity contribution in [3.05, 3.63) is 94.6 Å². The number of anilines is 2. The molecule has 0 unspecified atom stereocenters. The van der Waals surface area contributed by atoms with Crippen molar-refractivity contribution in [2.45, 2.75) is 43.8 Å². The van der Waals surface area contributed by atoms with Gasteiger partial charge in [-0.2, -0.15) is 0 Å². The average Bonchev–Trinajstić information content (AvgIpc) is 3.60. The van der Waals surface area contributed by atoms with Gasteiger partial charge in [-0.1, -0.05) is 66.4 Å².